The molecule has 1 aromatic heterocycles. The Morgan fingerprint density at radius 2 is 1.83 bits per heavy atom. The molecule has 1 fully saturated rings. The van der Waals surface area contributed by atoms with Crippen molar-refractivity contribution in [2.45, 2.75) is 33.4 Å². The lowest BCUT2D eigenvalue weighted by molar-refractivity contribution is 0.0115. The maximum Gasteiger partial charge on any atom is 0.122 e. The molecule has 0 amide bonds. The van der Waals surface area contributed by atoms with E-state index in [2.05, 4.69) is 48.3 Å². The first-order chi connectivity index (χ1) is 11.6. The number of ether oxygens (including phenoxy) is 1. The predicted octanol–water partition coefficient (Wildman–Crippen LogP) is 3.37. The monoisotopic (exact) mass is 328 g/mol. The van der Waals surface area contributed by atoms with Crippen molar-refractivity contribution in [2.75, 3.05) is 32.8 Å². The summed E-state index contributed by atoms with van der Waals surface area (Å²) in [5, 5.41) is 3.61. The Balaban J connectivity index is 1.64. The number of hydrogen-bond acceptors (Lipinski definition) is 4. The number of aryl methyl sites for hydroxylation is 3. The molecule has 0 spiro atoms. The number of morpholine rings is 1. The van der Waals surface area contributed by atoms with Crippen LogP contribution in [0.25, 0.3) is 0 Å². The SMILES string of the molecule is Cc1ccc(C(CNCc2ccc(C)c(C)c2)N2CCOCC2)o1. The maximum atomic E-state index is 5.91. The van der Waals surface area contributed by atoms with E-state index in [0.29, 0.717) is 0 Å². The predicted molar refractivity (Wildman–Crippen MR) is 96.2 cm³/mol. The summed E-state index contributed by atoms with van der Waals surface area (Å²) in [7, 11) is 0. The van der Waals surface area contributed by atoms with Crippen LogP contribution in [-0.4, -0.2) is 37.7 Å². The second-order valence-corrected chi connectivity index (χ2v) is 6.66. The molecule has 24 heavy (non-hydrogen) atoms. The summed E-state index contributed by atoms with van der Waals surface area (Å²) in [6.45, 7) is 11.6. The van der Waals surface area contributed by atoms with E-state index >= 15 is 0 Å². The van der Waals surface area contributed by atoms with Crippen LogP contribution in [0.15, 0.2) is 34.7 Å². The minimum absolute atomic E-state index is 0.258. The highest BCUT2D eigenvalue weighted by Gasteiger charge is 2.24. The van der Waals surface area contributed by atoms with Gasteiger partial charge in [0.05, 0.1) is 19.3 Å². The molecule has 3 rings (SSSR count). The third kappa shape index (κ3) is 4.26. The Kier molecular flexibility index (Phi) is 5.72. The van der Waals surface area contributed by atoms with Crippen molar-refractivity contribution in [3.05, 3.63) is 58.5 Å². The minimum Gasteiger partial charge on any atom is -0.465 e. The molecule has 0 aliphatic carbocycles. The molecule has 4 nitrogen and oxygen atoms in total. The topological polar surface area (TPSA) is 37.6 Å². The average Bonchev–Trinajstić information content (AvgIpc) is 3.02. The molecular formula is C20H28N2O2. The molecule has 0 radical (unpaired) electrons. The molecule has 1 saturated heterocycles. The smallest absolute Gasteiger partial charge is 0.122 e. The molecule has 0 bridgehead atoms. The van der Waals surface area contributed by atoms with E-state index in [-0.39, 0.29) is 6.04 Å². The lowest BCUT2D eigenvalue weighted by atomic mass is 10.1. The van der Waals surface area contributed by atoms with Gasteiger partial charge >= 0.3 is 0 Å². The number of nitrogens with one attached hydrogen (secondary N) is 1. The number of hydrogen-bond donors (Lipinski definition) is 1. The maximum absolute atomic E-state index is 5.91. The number of rotatable bonds is 6. The lowest BCUT2D eigenvalue weighted by Crippen LogP contribution is -2.42. The average molecular weight is 328 g/mol. The van der Waals surface area contributed by atoms with Crippen LogP contribution in [0.4, 0.5) is 0 Å². The van der Waals surface area contributed by atoms with E-state index in [0.717, 1.165) is 50.9 Å². The van der Waals surface area contributed by atoms with Gasteiger partial charge in [-0.05, 0) is 49.6 Å². The van der Waals surface area contributed by atoms with Crippen LogP contribution in [-0.2, 0) is 11.3 Å². The largest absolute Gasteiger partial charge is 0.465 e. The molecule has 1 aliphatic heterocycles. The molecule has 2 aromatic rings. The highest BCUT2D eigenvalue weighted by atomic mass is 16.5. The Morgan fingerprint density at radius 3 is 2.50 bits per heavy atom. The third-order valence-electron chi connectivity index (χ3n) is 4.81. The number of nitrogens with zero attached hydrogens (tertiary/aromatic N) is 1. The fourth-order valence-electron chi connectivity index (χ4n) is 3.20. The van der Waals surface area contributed by atoms with Crippen LogP contribution >= 0.6 is 0 Å². The normalized spacial score (nSPS) is 17.1. The van der Waals surface area contributed by atoms with Gasteiger partial charge in [0.1, 0.15) is 11.5 Å². The van der Waals surface area contributed by atoms with Gasteiger partial charge in [-0.25, -0.2) is 0 Å². The van der Waals surface area contributed by atoms with Gasteiger partial charge in [0.15, 0.2) is 0 Å². The van der Waals surface area contributed by atoms with Crippen molar-refractivity contribution in [2.24, 2.45) is 0 Å². The second kappa shape index (κ2) is 7.97. The van der Waals surface area contributed by atoms with Gasteiger partial charge in [0, 0.05) is 26.2 Å². The Morgan fingerprint density at radius 1 is 1.04 bits per heavy atom. The number of benzene rings is 1. The van der Waals surface area contributed by atoms with E-state index in [1.54, 1.807) is 0 Å². The van der Waals surface area contributed by atoms with Crippen molar-refractivity contribution in [1.82, 2.24) is 10.2 Å². The van der Waals surface area contributed by atoms with Crippen molar-refractivity contribution in [3.8, 4) is 0 Å². The summed E-state index contributed by atoms with van der Waals surface area (Å²) in [5.41, 5.74) is 4.02. The van der Waals surface area contributed by atoms with Crippen molar-refractivity contribution >= 4 is 0 Å². The first-order valence-corrected chi connectivity index (χ1v) is 8.78. The molecule has 130 valence electrons. The van der Waals surface area contributed by atoms with Crippen molar-refractivity contribution in [3.63, 3.8) is 0 Å². The Bertz CT molecular complexity index is 659. The third-order valence-corrected chi connectivity index (χ3v) is 4.81. The molecule has 4 heteroatoms. The summed E-state index contributed by atoms with van der Waals surface area (Å²) in [6.07, 6.45) is 0. The zero-order valence-corrected chi connectivity index (χ0v) is 15.0. The van der Waals surface area contributed by atoms with Gasteiger partial charge in [-0.15, -0.1) is 0 Å². The van der Waals surface area contributed by atoms with Gasteiger partial charge in [-0.2, -0.15) is 0 Å². The van der Waals surface area contributed by atoms with Gasteiger partial charge in [0.25, 0.3) is 0 Å². The second-order valence-electron chi connectivity index (χ2n) is 6.66. The zero-order chi connectivity index (χ0) is 16.9. The van der Waals surface area contributed by atoms with Crippen LogP contribution in [0.1, 0.15) is 34.3 Å². The first-order valence-electron chi connectivity index (χ1n) is 8.78. The van der Waals surface area contributed by atoms with Crippen LogP contribution in [0.2, 0.25) is 0 Å². The minimum atomic E-state index is 0.258. The van der Waals surface area contributed by atoms with Crippen LogP contribution in [0.3, 0.4) is 0 Å². The molecule has 0 saturated carbocycles. The summed E-state index contributed by atoms with van der Waals surface area (Å²) in [6, 6.07) is 11.1. The van der Waals surface area contributed by atoms with E-state index in [4.69, 9.17) is 9.15 Å². The highest BCUT2D eigenvalue weighted by Crippen LogP contribution is 2.23. The Labute approximate surface area is 144 Å². The quantitative estimate of drug-likeness (QED) is 0.882. The van der Waals surface area contributed by atoms with Crippen molar-refractivity contribution in [1.29, 1.82) is 0 Å². The highest BCUT2D eigenvalue weighted by molar-refractivity contribution is 5.29. The van der Waals surface area contributed by atoms with E-state index in [9.17, 15) is 0 Å². The molecular weight excluding hydrogens is 300 g/mol. The van der Waals surface area contributed by atoms with E-state index < -0.39 is 0 Å². The molecule has 1 unspecified atom stereocenters. The first kappa shape index (κ1) is 17.2. The molecule has 1 atom stereocenters. The summed E-state index contributed by atoms with van der Waals surface area (Å²) >= 11 is 0. The van der Waals surface area contributed by atoms with E-state index in [1.165, 1.54) is 16.7 Å². The van der Waals surface area contributed by atoms with Crippen LogP contribution < -0.4 is 5.32 Å². The molecule has 1 aliphatic rings. The number of furan rings is 1. The Hall–Kier alpha value is -1.62. The van der Waals surface area contributed by atoms with Gasteiger partial charge in [-0.1, -0.05) is 18.2 Å². The zero-order valence-electron chi connectivity index (χ0n) is 15.0. The lowest BCUT2D eigenvalue weighted by Gasteiger charge is -2.33. The van der Waals surface area contributed by atoms with Crippen LogP contribution in [0, 0.1) is 20.8 Å². The standard InChI is InChI=1S/C20H28N2O2/c1-15-4-6-18(12-16(15)2)13-21-14-19(20-7-5-17(3)24-20)22-8-10-23-11-9-22/h4-7,12,19,21H,8-11,13-14H2,1-3H3. The fraction of sp³-hybridized carbons (Fsp3) is 0.500. The van der Waals surface area contributed by atoms with Gasteiger partial charge < -0.3 is 14.5 Å². The van der Waals surface area contributed by atoms with E-state index in [1.807, 2.05) is 13.0 Å². The molecule has 2 heterocycles. The van der Waals surface area contributed by atoms with Crippen LogP contribution in [0.5, 0.6) is 0 Å². The molecule has 1 N–H and O–H groups in total. The van der Waals surface area contributed by atoms with Gasteiger partial charge in [0.2, 0.25) is 0 Å². The fourth-order valence-corrected chi connectivity index (χ4v) is 3.20. The van der Waals surface area contributed by atoms with Gasteiger partial charge in [-0.3, -0.25) is 4.90 Å². The summed E-state index contributed by atoms with van der Waals surface area (Å²) < 4.78 is 11.4. The molecule has 1 aromatic carbocycles. The summed E-state index contributed by atoms with van der Waals surface area (Å²) in [5.74, 6) is 2.01. The summed E-state index contributed by atoms with van der Waals surface area (Å²) in [4.78, 5) is 2.45. The van der Waals surface area contributed by atoms with Crippen molar-refractivity contribution < 1.29 is 9.15 Å².